The minimum absolute atomic E-state index is 0.0441. The minimum Gasteiger partial charge on any atom is -0.453 e. The molecule has 0 spiro atoms. The van der Waals surface area contributed by atoms with Gasteiger partial charge in [0.15, 0.2) is 0 Å². The predicted molar refractivity (Wildman–Crippen MR) is 75.2 cm³/mol. The summed E-state index contributed by atoms with van der Waals surface area (Å²) in [5.74, 6) is 0. The van der Waals surface area contributed by atoms with Gasteiger partial charge < -0.3 is 9.47 Å². The third-order valence-electron chi connectivity index (χ3n) is 3.15. The first kappa shape index (κ1) is 15.5. The highest BCUT2D eigenvalue weighted by Gasteiger charge is 2.30. The van der Waals surface area contributed by atoms with Gasteiger partial charge in [-0.3, -0.25) is 4.90 Å². The lowest BCUT2D eigenvalue weighted by atomic mass is 9.93. The smallest absolute Gasteiger partial charge is 0.410 e. The molecular weight excluding hydrogens is 242 g/mol. The molecule has 0 aliphatic carbocycles. The Labute approximate surface area is 115 Å². The van der Waals surface area contributed by atoms with E-state index in [4.69, 9.17) is 9.47 Å². The first-order valence-corrected chi connectivity index (χ1v) is 6.69. The van der Waals surface area contributed by atoms with Gasteiger partial charge in [-0.25, -0.2) is 4.79 Å². The van der Waals surface area contributed by atoms with Crippen LogP contribution in [0.2, 0.25) is 0 Å². The highest BCUT2D eigenvalue weighted by atomic mass is 16.5. The van der Waals surface area contributed by atoms with Crippen LogP contribution in [0, 0.1) is 0 Å². The van der Waals surface area contributed by atoms with Crippen LogP contribution in [0.4, 0.5) is 4.79 Å². The lowest BCUT2D eigenvalue weighted by Gasteiger charge is -2.35. The summed E-state index contributed by atoms with van der Waals surface area (Å²) in [5, 5.41) is 0. The maximum Gasteiger partial charge on any atom is 0.410 e. The zero-order valence-corrected chi connectivity index (χ0v) is 12.2. The molecule has 0 bridgehead atoms. The Hall–Kier alpha value is -1.55. The van der Waals surface area contributed by atoms with Crippen LogP contribution in [0.15, 0.2) is 24.3 Å². The standard InChI is InChI=1S/C13H17NO3.C2H6/c1-16-9-12-11-6-4-3-5-10(11)7-8-14(12)13(15)17-2;1-2/h3-6,12H,7-9H2,1-2H3;1-2H3. The number of methoxy groups -OCH3 is 2. The fourth-order valence-electron chi connectivity index (χ4n) is 2.32. The van der Waals surface area contributed by atoms with Crippen molar-refractivity contribution in [3.05, 3.63) is 35.4 Å². The van der Waals surface area contributed by atoms with E-state index < -0.39 is 0 Å². The fourth-order valence-corrected chi connectivity index (χ4v) is 2.32. The molecule has 4 heteroatoms. The molecule has 1 unspecified atom stereocenters. The van der Waals surface area contributed by atoms with Crippen molar-refractivity contribution in [3.63, 3.8) is 0 Å². The van der Waals surface area contributed by atoms with Gasteiger partial charge in [0.25, 0.3) is 0 Å². The Kier molecular flexibility index (Phi) is 6.36. The number of rotatable bonds is 2. The quantitative estimate of drug-likeness (QED) is 0.825. The van der Waals surface area contributed by atoms with E-state index in [2.05, 4.69) is 6.07 Å². The molecule has 19 heavy (non-hydrogen) atoms. The summed E-state index contributed by atoms with van der Waals surface area (Å²) in [6.07, 6.45) is 0.576. The molecule has 0 saturated heterocycles. The van der Waals surface area contributed by atoms with E-state index in [1.54, 1.807) is 12.0 Å². The zero-order chi connectivity index (χ0) is 14.3. The van der Waals surface area contributed by atoms with Gasteiger partial charge in [0.2, 0.25) is 0 Å². The van der Waals surface area contributed by atoms with E-state index in [1.807, 2.05) is 32.0 Å². The summed E-state index contributed by atoms with van der Waals surface area (Å²) in [6.45, 7) is 5.17. The van der Waals surface area contributed by atoms with Crippen LogP contribution in [0.5, 0.6) is 0 Å². The number of carbonyl (C=O) groups excluding carboxylic acids is 1. The molecule has 4 nitrogen and oxygen atoms in total. The topological polar surface area (TPSA) is 38.8 Å². The van der Waals surface area contributed by atoms with E-state index >= 15 is 0 Å². The van der Waals surface area contributed by atoms with Gasteiger partial charge in [0.05, 0.1) is 19.8 Å². The molecule has 0 radical (unpaired) electrons. The maximum absolute atomic E-state index is 11.7. The van der Waals surface area contributed by atoms with Crippen molar-refractivity contribution < 1.29 is 14.3 Å². The Morgan fingerprint density at radius 1 is 1.32 bits per heavy atom. The van der Waals surface area contributed by atoms with Crippen molar-refractivity contribution in [1.82, 2.24) is 4.90 Å². The Morgan fingerprint density at radius 3 is 2.63 bits per heavy atom. The first-order chi connectivity index (χ1) is 9.27. The van der Waals surface area contributed by atoms with Crippen LogP contribution in [0.25, 0.3) is 0 Å². The van der Waals surface area contributed by atoms with Gasteiger partial charge in [0, 0.05) is 13.7 Å². The van der Waals surface area contributed by atoms with Crippen LogP contribution in [0.3, 0.4) is 0 Å². The predicted octanol–water partition coefficient (Wildman–Crippen LogP) is 3.02. The largest absolute Gasteiger partial charge is 0.453 e. The first-order valence-electron chi connectivity index (χ1n) is 6.69. The number of carbonyl (C=O) groups is 1. The molecule has 0 N–H and O–H groups in total. The second-order valence-corrected chi connectivity index (χ2v) is 4.08. The van der Waals surface area contributed by atoms with Crippen LogP contribution < -0.4 is 0 Å². The van der Waals surface area contributed by atoms with Crippen molar-refractivity contribution in [3.8, 4) is 0 Å². The molecule has 1 aromatic rings. The van der Waals surface area contributed by atoms with Crippen molar-refractivity contribution in [2.24, 2.45) is 0 Å². The molecule has 106 valence electrons. The second kappa shape index (κ2) is 7.79. The van der Waals surface area contributed by atoms with Gasteiger partial charge in [-0.1, -0.05) is 38.1 Å². The fraction of sp³-hybridized carbons (Fsp3) is 0.533. The molecule has 0 saturated carbocycles. The van der Waals surface area contributed by atoms with Crippen LogP contribution >= 0.6 is 0 Å². The second-order valence-electron chi connectivity index (χ2n) is 4.08. The molecule has 0 aromatic heterocycles. The van der Waals surface area contributed by atoms with E-state index in [1.165, 1.54) is 12.7 Å². The molecular formula is C15H23NO3. The zero-order valence-electron chi connectivity index (χ0n) is 12.2. The van der Waals surface area contributed by atoms with Gasteiger partial charge in [0.1, 0.15) is 0 Å². The highest BCUT2D eigenvalue weighted by Crippen LogP contribution is 2.30. The maximum atomic E-state index is 11.7. The van der Waals surface area contributed by atoms with Crippen LogP contribution in [0.1, 0.15) is 31.0 Å². The summed E-state index contributed by atoms with van der Waals surface area (Å²) in [5.41, 5.74) is 2.45. The van der Waals surface area contributed by atoms with Crippen molar-refractivity contribution in [1.29, 1.82) is 0 Å². The van der Waals surface area contributed by atoms with E-state index in [0.29, 0.717) is 13.2 Å². The molecule has 1 aliphatic heterocycles. The lowest BCUT2D eigenvalue weighted by Crippen LogP contribution is -2.41. The van der Waals surface area contributed by atoms with Crippen molar-refractivity contribution in [2.45, 2.75) is 26.3 Å². The number of hydrogen-bond acceptors (Lipinski definition) is 3. The summed E-state index contributed by atoms with van der Waals surface area (Å²) >= 11 is 0. The number of benzene rings is 1. The number of hydrogen-bond donors (Lipinski definition) is 0. The normalized spacial score (nSPS) is 17.1. The molecule has 1 amide bonds. The molecule has 1 aliphatic rings. The molecule has 0 fully saturated rings. The average Bonchev–Trinajstić information content (AvgIpc) is 2.49. The third kappa shape index (κ3) is 3.47. The lowest BCUT2D eigenvalue weighted by molar-refractivity contribution is 0.0643. The van der Waals surface area contributed by atoms with Gasteiger partial charge in [-0.2, -0.15) is 0 Å². The summed E-state index contributed by atoms with van der Waals surface area (Å²) in [7, 11) is 3.05. The van der Waals surface area contributed by atoms with Crippen LogP contribution in [-0.2, 0) is 15.9 Å². The van der Waals surface area contributed by atoms with E-state index in [-0.39, 0.29) is 12.1 Å². The molecule has 1 heterocycles. The van der Waals surface area contributed by atoms with Gasteiger partial charge >= 0.3 is 6.09 Å². The summed E-state index contributed by atoms with van der Waals surface area (Å²) in [6, 6.07) is 8.12. The monoisotopic (exact) mass is 265 g/mol. The van der Waals surface area contributed by atoms with E-state index in [9.17, 15) is 4.79 Å². The number of ether oxygens (including phenoxy) is 2. The Bertz CT molecular complexity index is 406. The van der Waals surface area contributed by atoms with Crippen molar-refractivity contribution >= 4 is 6.09 Å². The van der Waals surface area contributed by atoms with Crippen LogP contribution in [-0.4, -0.2) is 38.4 Å². The van der Waals surface area contributed by atoms with Gasteiger partial charge in [-0.15, -0.1) is 0 Å². The van der Waals surface area contributed by atoms with Crippen molar-refractivity contribution in [2.75, 3.05) is 27.4 Å². The Balaban J connectivity index is 0.000000861. The number of amides is 1. The van der Waals surface area contributed by atoms with E-state index in [0.717, 1.165) is 12.0 Å². The highest BCUT2D eigenvalue weighted by molar-refractivity contribution is 5.68. The third-order valence-corrected chi connectivity index (χ3v) is 3.15. The molecule has 1 atom stereocenters. The summed E-state index contributed by atoms with van der Waals surface area (Å²) < 4.78 is 10.0. The minimum atomic E-state index is -0.290. The summed E-state index contributed by atoms with van der Waals surface area (Å²) in [4.78, 5) is 13.4. The number of nitrogens with zero attached hydrogens (tertiary/aromatic N) is 1. The van der Waals surface area contributed by atoms with Gasteiger partial charge in [-0.05, 0) is 17.5 Å². The SMILES string of the molecule is CC.COCC1c2ccccc2CCN1C(=O)OC. The average molecular weight is 265 g/mol. The molecule has 2 rings (SSSR count). The Morgan fingerprint density at radius 2 is 2.00 bits per heavy atom. The number of fused-ring (bicyclic) bond motifs is 1. The molecule has 1 aromatic carbocycles.